The predicted octanol–water partition coefficient (Wildman–Crippen LogP) is 10.7. The zero-order valence-electron chi connectivity index (χ0n) is 30.0. The summed E-state index contributed by atoms with van der Waals surface area (Å²) in [4.78, 5) is 38.0. The molecule has 0 bridgehead atoms. The van der Waals surface area contributed by atoms with Gasteiger partial charge in [-0.15, -0.1) is 0 Å². The van der Waals surface area contributed by atoms with E-state index < -0.39 is 5.41 Å². The molecule has 1 aliphatic heterocycles. The number of halogens is 3. The van der Waals surface area contributed by atoms with Crippen LogP contribution in [0.3, 0.4) is 0 Å². The van der Waals surface area contributed by atoms with Crippen LogP contribution in [0, 0.1) is 5.41 Å². The number of anilines is 2. The van der Waals surface area contributed by atoms with Crippen molar-refractivity contribution in [1.82, 2.24) is 19.9 Å². The first-order chi connectivity index (χ1) is 25.4. The first-order valence-electron chi connectivity index (χ1n) is 17.7. The summed E-state index contributed by atoms with van der Waals surface area (Å²) in [7, 11) is 0. The van der Waals surface area contributed by atoms with E-state index in [0.717, 1.165) is 53.8 Å². The summed E-state index contributed by atoms with van der Waals surface area (Å²) in [5, 5.41) is 8.90. The van der Waals surface area contributed by atoms with Gasteiger partial charge in [-0.3, -0.25) is 9.59 Å². The van der Waals surface area contributed by atoms with Crippen LogP contribution in [-0.4, -0.2) is 45.5 Å². The number of aromatic nitrogens is 3. The highest BCUT2D eigenvalue weighted by Gasteiger charge is 2.30. The minimum absolute atomic E-state index is 0.0569. The summed E-state index contributed by atoms with van der Waals surface area (Å²) in [6, 6.07) is 28.7. The van der Waals surface area contributed by atoms with Gasteiger partial charge in [0.25, 0.3) is 5.91 Å². The van der Waals surface area contributed by atoms with E-state index >= 15 is 0 Å². The topological polar surface area (TPSA) is 95.1 Å². The first-order valence-corrected chi connectivity index (χ1v) is 18.9. The molecule has 0 saturated carbocycles. The highest BCUT2D eigenvalue weighted by Crippen LogP contribution is 2.42. The van der Waals surface area contributed by atoms with Crippen molar-refractivity contribution in [2.75, 3.05) is 23.3 Å². The molecule has 7 rings (SSSR count). The molecule has 1 atom stereocenters. The quantitative estimate of drug-likeness (QED) is 0.144. The Morgan fingerprint density at radius 1 is 0.887 bits per heavy atom. The van der Waals surface area contributed by atoms with Crippen molar-refractivity contribution in [2.45, 2.75) is 52.6 Å². The van der Waals surface area contributed by atoms with Gasteiger partial charge in [0.1, 0.15) is 5.69 Å². The SMILES string of the molecule is CC(c1ccc(Cl)cc1Cl)n1cnc(-c2ccccc2)c1-c1c(C(=O)Nc2ccccc2N2CCC(NC(=O)C(C)(C)C)CC2)[nH]c2cc(Cl)ccc12. The molecule has 1 unspecified atom stereocenters. The van der Waals surface area contributed by atoms with Crippen molar-refractivity contribution in [3.05, 3.63) is 124 Å². The van der Waals surface area contributed by atoms with Crippen molar-refractivity contribution in [1.29, 1.82) is 0 Å². The van der Waals surface area contributed by atoms with Gasteiger partial charge in [-0.1, -0.05) is 110 Å². The number of benzene rings is 4. The number of hydrogen-bond donors (Lipinski definition) is 3. The fourth-order valence-electron chi connectivity index (χ4n) is 6.99. The summed E-state index contributed by atoms with van der Waals surface area (Å²) in [6.45, 7) is 9.31. The maximum absolute atomic E-state index is 14.7. The van der Waals surface area contributed by atoms with Crippen LogP contribution >= 0.6 is 34.8 Å². The average Bonchev–Trinajstić information content (AvgIpc) is 3.73. The number of nitrogens with one attached hydrogen (secondary N) is 3. The molecule has 6 aromatic rings. The summed E-state index contributed by atoms with van der Waals surface area (Å²) in [5.41, 5.74) is 6.17. The molecule has 0 aliphatic carbocycles. The number of carbonyl (C=O) groups is 2. The van der Waals surface area contributed by atoms with E-state index in [9.17, 15) is 9.59 Å². The van der Waals surface area contributed by atoms with E-state index in [4.69, 9.17) is 39.8 Å². The van der Waals surface area contributed by atoms with Crippen molar-refractivity contribution in [3.8, 4) is 22.5 Å². The lowest BCUT2D eigenvalue weighted by molar-refractivity contribution is -0.129. The number of nitrogens with zero attached hydrogens (tertiary/aromatic N) is 3. The molecule has 8 nitrogen and oxygen atoms in total. The number of para-hydroxylation sites is 2. The fourth-order valence-corrected chi connectivity index (χ4v) is 7.73. The van der Waals surface area contributed by atoms with Gasteiger partial charge in [0.15, 0.2) is 0 Å². The van der Waals surface area contributed by atoms with Gasteiger partial charge in [-0.25, -0.2) is 4.98 Å². The molecular weight excluding hydrogens is 727 g/mol. The molecule has 1 saturated heterocycles. The summed E-state index contributed by atoms with van der Waals surface area (Å²) in [5.74, 6) is -0.252. The number of piperidine rings is 1. The van der Waals surface area contributed by atoms with Crippen molar-refractivity contribution >= 4 is 68.9 Å². The first kappa shape index (κ1) is 36.6. The maximum atomic E-state index is 14.7. The molecular formula is C42H41Cl3N6O2. The average molecular weight is 768 g/mol. The van der Waals surface area contributed by atoms with Crippen LogP contribution in [0.25, 0.3) is 33.4 Å². The second-order valence-electron chi connectivity index (χ2n) is 14.6. The van der Waals surface area contributed by atoms with Gasteiger partial charge in [-0.2, -0.15) is 0 Å². The summed E-state index contributed by atoms with van der Waals surface area (Å²) < 4.78 is 2.06. The minimum atomic E-state index is -0.443. The number of hydrogen-bond acceptors (Lipinski definition) is 4. The molecule has 11 heteroatoms. The summed E-state index contributed by atoms with van der Waals surface area (Å²) in [6.07, 6.45) is 3.41. The van der Waals surface area contributed by atoms with E-state index in [2.05, 4.69) is 32.0 Å². The molecule has 4 aromatic carbocycles. The summed E-state index contributed by atoms with van der Waals surface area (Å²) >= 11 is 19.6. The normalized spacial score (nSPS) is 14.4. The van der Waals surface area contributed by atoms with E-state index in [-0.39, 0.29) is 23.9 Å². The van der Waals surface area contributed by atoms with Crippen molar-refractivity contribution < 1.29 is 9.59 Å². The number of rotatable bonds is 8. The van der Waals surface area contributed by atoms with Crippen LogP contribution in [-0.2, 0) is 4.79 Å². The smallest absolute Gasteiger partial charge is 0.272 e. The van der Waals surface area contributed by atoms with E-state index in [1.165, 1.54) is 0 Å². The molecule has 3 heterocycles. The van der Waals surface area contributed by atoms with Gasteiger partial charge in [-0.05, 0) is 61.7 Å². The van der Waals surface area contributed by atoms with Crippen LogP contribution in [0.1, 0.15) is 62.6 Å². The molecule has 272 valence electrons. The monoisotopic (exact) mass is 766 g/mol. The Balaban J connectivity index is 1.29. The molecule has 53 heavy (non-hydrogen) atoms. The Labute approximate surface area is 324 Å². The minimum Gasteiger partial charge on any atom is -0.370 e. The Morgan fingerprint density at radius 3 is 2.28 bits per heavy atom. The van der Waals surface area contributed by atoms with Gasteiger partial charge in [0.05, 0.1) is 35.1 Å². The van der Waals surface area contributed by atoms with Crippen LogP contribution in [0.15, 0.2) is 97.3 Å². The highest BCUT2D eigenvalue weighted by atomic mass is 35.5. The van der Waals surface area contributed by atoms with E-state index in [1.54, 1.807) is 12.4 Å². The molecule has 0 spiro atoms. The van der Waals surface area contributed by atoms with E-state index in [1.807, 2.05) is 106 Å². The number of fused-ring (bicyclic) bond motifs is 1. The lowest BCUT2D eigenvalue weighted by Gasteiger charge is -2.36. The lowest BCUT2D eigenvalue weighted by atomic mass is 9.94. The second kappa shape index (κ2) is 14.9. The predicted molar refractivity (Wildman–Crippen MR) is 217 cm³/mol. The molecule has 1 aliphatic rings. The van der Waals surface area contributed by atoms with Crippen LogP contribution in [0.4, 0.5) is 11.4 Å². The number of imidazole rings is 1. The number of H-pyrrole nitrogens is 1. The maximum Gasteiger partial charge on any atom is 0.272 e. The Morgan fingerprint density at radius 2 is 1.57 bits per heavy atom. The van der Waals surface area contributed by atoms with Crippen LogP contribution < -0.4 is 15.5 Å². The van der Waals surface area contributed by atoms with Gasteiger partial charge in [0.2, 0.25) is 5.91 Å². The van der Waals surface area contributed by atoms with Gasteiger partial charge in [0, 0.05) is 61.6 Å². The van der Waals surface area contributed by atoms with Gasteiger partial charge >= 0.3 is 0 Å². The zero-order valence-corrected chi connectivity index (χ0v) is 32.3. The van der Waals surface area contributed by atoms with Crippen molar-refractivity contribution in [2.24, 2.45) is 5.41 Å². The molecule has 2 aromatic heterocycles. The van der Waals surface area contributed by atoms with Crippen molar-refractivity contribution in [3.63, 3.8) is 0 Å². The second-order valence-corrected chi connectivity index (χ2v) is 15.9. The molecule has 0 radical (unpaired) electrons. The highest BCUT2D eigenvalue weighted by molar-refractivity contribution is 6.35. The lowest BCUT2D eigenvalue weighted by Crippen LogP contribution is -2.47. The largest absolute Gasteiger partial charge is 0.370 e. The Bertz CT molecular complexity index is 2300. The number of aromatic amines is 1. The Kier molecular flexibility index (Phi) is 10.3. The zero-order chi connectivity index (χ0) is 37.4. The molecule has 3 N–H and O–H groups in total. The molecule has 1 fully saturated rings. The fraction of sp³-hybridized carbons (Fsp3) is 0.262. The third-order valence-electron chi connectivity index (χ3n) is 9.90. The standard InChI is InChI=1S/C42H41Cl3N6O2/c1-25(30-16-14-27(43)22-32(30)45)51-24-46-37(26-10-6-5-7-11-26)39(51)36-31-17-15-28(44)23-34(31)48-38(36)40(52)49-33-12-8-9-13-35(33)50-20-18-29(19-21-50)47-41(53)42(2,3)4/h5-17,22-25,29,48H,18-21H2,1-4H3,(H,47,53)(H,49,52). The van der Waals surface area contributed by atoms with Gasteiger partial charge < -0.3 is 25.1 Å². The van der Waals surface area contributed by atoms with E-state index in [0.29, 0.717) is 43.2 Å². The number of carbonyl (C=O) groups excluding carboxylic acids is 2. The third-order valence-corrected chi connectivity index (χ3v) is 10.7. The van der Waals surface area contributed by atoms with Crippen LogP contribution in [0.2, 0.25) is 15.1 Å². The molecule has 2 amide bonds. The number of amides is 2. The Hall–Kier alpha value is -4.76. The third kappa shape index (κ3) is 7.54. The van der Waals surface area contributed by atoms with Crippen LogP contribution in [0.5, 0.6) is 0 Å².